The lowest BCUT2D eigenvalue weighted by molar-refractivity contribution is 0.0880. The number of rotatable bonds is 8. The molecule has 4 aromatic heterocycles. The molecule has 0 aliphatic carbocycles. The number of aromatic nitrogens is 8. The zero-order valence-corrected chi connectivity index (χ0v) is 40.6. The van der Waals surface area contributed by atoms with Crippen LogP contribution >= 0.6 is 0 Å². The molecule has 0 radical (unpaired) electrons. The number of fused-ring (bicyclic) bond motifs is 2. The Kier molecular flexibility index (Phi) is 13.7. The molecule has 2 aliphatic heterocycles. The molecule has 18 heteroatoms. The number of aryl methyl sites for hydroxylation is 2. The summed E-state index contributed by atoms with van der Waals surface area (Å²) in [7, 11) is 11.0. The minimum Gasteiger partial charge on any atom is -0.493 e. The van der Waals surface area contributed by atoms with Gasteiger partial charge in [-0.05, 0) is 40.1 Å². The Morgan fingerprint density at radius 1 is 0.514 bits per heavy atom. The summed E-state index contributed by atoms with van der Waals surface area (Å²) < 4.78 is 26.4. The van der Waals surface area contributed by atoms with E-state index in [4.69, 9.17) is 18.9 Å². The molecule has 0 spiro atoms. The third kappa shape index (κ3) is 9.81. The normalized spacial score (nSPS) is 16.5. The van der Waals surface area contributed by atoms with Gasteiger partial charge in [-0.1, -0.05) is 60.7 Å². The summed E-state index contributed by atoms with van der Waals surface area (Å²) in [5.74, 6) is 1.54. The highest BCUT2D eigenvalue weighted by Gasteiger charge is 2.30. The Balaban J connectivity index is 0.000000174. The highest BCUT2D eigenvalue weighted by atomic mass is 16.6. The zero-order valence-electron chi connectivity index (χ0n) is 40.6. The Labute approximate surface area is 406 Å². The van der Waals surface area contributed by atoms with E-state index in [9.17, 15) is 9.59 Å². The van der Waals surface area contributed by atoms with Crippen molar-refractivity contribution in [1.29, 1.82) is 0 Å². The van der Waals surface area contributed by atoms with Crippen molar-refractivity contribution in [3.8, 4) is 68.0 Å². The summed E-state index contributed by atoms with van der Waals surface area (Å²) in [5, 5.41) is 10.8. The number of ether oxygens (including phenoxy) is 4. The molecule has 2 fully saturated rings. The van der Waals surface area contributed by atoms with E-state index in [1.165, 1.54) is 12.7 Å². The number of piperazine rings is 2. The van der Waals surface area contributed by atoms with E-state index in [1.54, 1.807) is 57.6 Å². The molecule has 0 N–H and O–H groups in total. The number of likely N-dealkylation sites (N-methyl/N-ethyl adjacent to an activating group) is 2. The number of carbonyl (C=O) groups is 2. The highest BCUT2D eigenvalue weighted by molar-refractivity contribution is 5.99. The van der Waals surface area contributed by atoms with Crippen LogP contribution in [0.3, 0.4) is 0 Å². The maximum Gasteiger partial charge on any atom is 0.415 e. The predicted octanol–water partition coefficient (Wildman–Crippen LogP) is 7.68. The van der Waals surface area contributed by atoms with Crippen LogP contribution < -0.4 is 18.9 Å². The summed E-state index contributed by atoms with van der Waals surface area (Å²) in [6, 6.07) is 27.1. The molecule has 1 unspecified atom stereocenters. The summed E-state index contributed by atoms with van der Waals surface area (Å²) in [5.41, 5.74) is 8.10. The molecule has 2 aliphatic rings. The quantitative estimate of drug-likeness (QED) is 0.145. The maximum atomic E-state index is 13.1. The van der Waals surface area contributed by atoms with Crippen molar-refractivity contribution < 1.29 is 28.5 Å². The first-order chi connectivity index (χ1) is 33.9. The van der Waals surface area contributed by atoms with Gasteiger partial charge in [-0.3, -0.25) is 9.36 Å². The minimum absolute atomic E-state index is 0.0513. The number of hydrogen-bond acceptors (Lipinski definition) is 14. The number of nitrogens with zero attached hydrogens (tertiary/aromatic N) is 12. The monoisotopic (exact) mass is 944 g/mol. The van der Waals surface area contributed by atoms with Gasteiger partial charge in [-0.2, -0.15) is 10.2 Å². The van der Waals surface area contributed by atoms with Crippen molar-refractivity contribution in [3.63, 3.8) is 0 Å². The van der Waals surface area contributed by atoms with Crippen molar-refractivity contribution in [1.82, 2.24) is 59.1 Å². The number of benzene rings is 4. The average Bonchev–Trinajstić information content (AvgIpc) is 3.95. The molecule has 70 heavy (non-hydrogen) atoms. The van der Waals surface area contributed by atoms with Gasteiger partial charge in [0.15, 0.2) is 23.0 Å². The standard InChI is InChI=1S/2C26H28N6O3/c2*1-17-14-30(2)10-11-32(17)26(33)35-23-12-19-21(13-22(23)34-4)27-16-28-25(19)20-15-31(3)29-24(20)18-8-6-5-7-9-18/h2*5-9,12-13,15-17H,10-11,14H2,1-4H3/t17-;/m0./s1. The lowest BCUT2D eigenvalue weighted by Gasteiger charge is -2.37. The minimum atomic E-state index is -0.395. The SMILES string of the molecule is COc1cc2ncnc(-c3cn(C)nc3-c3ccccc3)c2cc1OC(=O)N1CCN(C)CC1C.COc1cc2ncnc(-c3cn(C)nc3-c3ccccc3)c2cc1OC(=O)N1CCN(C)C[C@@H]1C. The first-order valence-electron chi connectivity index (χ1n) is 23.1. The van der Waals surface area contributed by atoms with E-state index in [-0.39, 0.29) is 12.1 Å². The molecule has 4 aromatic carbocycles. The maximum absolute atomic E-state index is 13.1. The number of carbonyl (C=O) groups excluding carboxylic acids is 2. The van der Waals surface area contributed by atoms with Crippen LogP contribution in [0.4, 0.5) is 9.59 Å². The van der Waals surface area contributed by atoms with Gasteiger partial charge in [-0.25, -0.2) is 29.5 Å². The van der Waals surface area contributed by atoms with Crippen LogP contribution in [0.2, 0.25) is 0 Å². The van der Waals surface area contributed by atoms with Crippen molar-refractivity contribution in [2.45, 2.75) is 25.9 Å². The lowest BCUT2D eigenvalue weighted by Crippen LogP contribution is -2.53. The number of methoxy groups -OCH3 is 2. The first-order valence-corrected chi connectivity index (χ1v) is 23.1. The van der Waals surface area contributed by atoms with Gasteiger partial charge in [0, 0.05) is 123 Å². The number of amides is 2. The smallest absolute Gasteiger partial charge is 0.415 e. The van der Waals surface area contributed by atoms with Gasteiger partial charge in [0.25, 0.3) is 0 Å². The first kappa shape index (κ1) is 47.1. The summed E-state index contributed by atoms with van der Waals surface area (Å²) in [4.78, 5) is 52.1. The van der Waals surface area contributed by atoms with Gasteiger partial charge in [0.2, 0.25) is 0 Å². The lowest BCUT2D eigenvalue weighted by atomic mass is 10.0. The second-order valence-corrected chi connectivity index (χ2v) is 17.7. The Hall–Kier alpha value is -7.96. The third-order valence-corrected chi connectivity index (χ3v) is 12.6. The molecule has 8 aromatic rings. The van der Waals surface area contributed by atoms with Gasteiger partial charge in [-0.15, -0.1) is 0 Å². The molecular weight excluding hydrogens is 889 g/mol. The van der Waals surface area contributed by atoms with E-state index < -0.39 is 12.2 Å². The zero-order chi connectivity index (χ0) is 49.1. The molecule has 2 atom stereocenters. The van der Waals surface area contributed by atoms with E-state index in [1.807, 2.05) is 101 Å². The summed E-state index contributed by atoms with van der Waals surface area (Å²) in [6.07, 6.45) is 6.13. The van der Waals surface area contributed by atoms with Crippen molar-refractivity contribution in [2.24, 2.45) is 14.1 Å². The molecule has 6 heterocycles. The Morgan fingerprint density at radius 3 is 1.29 bits per heavy atom. The van der Waals surface area contributed by atoms with Crippen LogP contribution in [-0.2, 0) is 14.1 Å². The van der Waals surface area contributed by atoms with Gasteiger partial charge < -0.3 is 38.5 Å². The Morgan fingerprint density at radius 2 is 0.914 bits per heavy atom. The topological polar surface area (TPSA) is 171 Å². The summed E-state index contributed by atoms with van der Waals surface area (Å²) in [6.45, 7) is 8.46. The van der Waals surface area contributed by atoms with E-state index in [0.717, 1.165) is 70.6 Å². The average molecular weight is 945 g/mol. The van der Waals surface area contributed by atoms with E-state index in [2.05, 4.69) is 54.0 Å². The molecule has 0 saturated carbocycles. The summed E-state index contributed by atoms with van der Waals surface area (Å²) >= 11 is 0. The second kappa shape index (κ2) is 20.3. The van der Waals surface area contributed by atoms with Crippen molar-refractivity contribution >= 4 is 34.0 Å². The predicted molar refractivity (Wildman–Crippen MR) is 267 cm³/mol. The molecule has 2 saturated heterocycles. The van der Waals surface area contributed by atoms with Gasteiger partial charge in [0.05, 0.1) is 36.6 Å². The van der Waals surface area contributed by atoms with Crippen LogP contribution in [0.1, 0.15) is 13.8 Å². The van der Waals surface area contributed by atoms with Crippen LogP contribution in [0, 0.1) is 0 Å². The molecule has 360 valence electrons. The fourth-order valence-electron chi connectivity index (χ4n) is 9.11. The third-order valence-electron chi connectivity index (χ3n) is 12.6. The molecular formula is C52H56N12O6. The molecule has 10 rings (SSSR count). The molecule has 2 amide bonds. The van der Waals surface area contributed by atoms with Gasteiger partial charge in [0.1, 0.15) is 24.0 Å². The Bertz CT molecular complexity index is 2950. The second-order valence-electron chi connectivity index (χ2n) is 17.7. The van der Waals surface area contributed by atoms with Crippen molar-refractivity contribution in [2.75, 3.05) is 67.6 Å². The highest BCUT2D eigenvalue weighted by Crippen LogP contribution is 2.40. The fraction of sp³-hybridized carbons (Fsp3) is 0.308. The number of hydrogen-bond donors (Lipinski definition) is 0. The van der Waals surface area contributed by atoms with Crippen molar-refractivity contribution in [3.05, 3.63) is 110 Å². The molecule has 18 nitrogen and oxygen atoms in total. The van der Waals surface area contributed by atoms with Crippen LogP contribution in [0.5, 0.6) is 23.0 Å². The fourth-order valence-corrected chi connectivity index (χ4v) is 9.11. The largest absolute Gasteiger partial charge is 0.493 e. The molecule has 0 bridgehead atoms. The van der Waals surface area contributed by atoms with Crippen LogP contribution in [-0.4, -0.2) is 151 Å². The van der Waals surface area contributed by atoms with E-state index >= 15 is 0 Å². The van der Waals surface area contributed by atoms with Crippen LogP contribution in [0.25, 0.3) is 66.8 Å². The van der Waals surface area contributed by atoms with Gasteiger partial charge >= 0.3 is 12.2 Å². The van der Waals surface area contributed by atoms with Crippen LogP contribution in [0.15, 0.2) is 110 Å². The van der Waals surface area contributed by atoms with E-state index in [0.29, 0.717) is 58.5 Å².